The average molecular weight is 673 g/mol. The maximum atomic E-state index is 0. The van der Waals surface area contributed by atoms with Crippen LogP contribution in [0.3, 0.4) is 0 Å². The minimum absolute atomic E-state index is 0. The Balaban J connectivity index is 0. The molecular formula is F6Re3-6. The van der Waals surface area contributed by atoms with Crippen LogP contribution in [-0.2, 0) is 61.3 Å². The Morgan fingerprint density at radius 3 is 0.222 bits per heavy atom. The fourth-order valence-corrected chi connectivity index (χ4v) is 0. The molecule has 0 aromatic heterocycles. The van der Waals surface area contributed by atoms with Gasteiger partial charge >= 0.3 is 0 Å². The van der Waals surface area contributed by atoms with Crippen molar-refractivity contribution in [2.24, 2.45) is 0 Å². The standard InChI is InChI=1S/6FH.3Re/h6*1H;;;/p-6. The molecule has 9 heteroatoms. The van der Waals surface area contributed by atoms with Crippen LogP contribution >= 0.6 is 0 Å². The van der Waals surface area contributed by atoms with E-state index in [1.165, 1.54) is 0 Å². The van der Waals surface area contributed by atoms with Gasteiger partial charge in [-0.1, -0.05) is 0 Å². The van der Waals surface area contributed by atoms with Crippen molar-refractivity contribution in [3.05, 3.63) is 0 Å². The van der Waals surface area contributed by atoms with Crippen molar-refractivity contribution in [1.82, 2.24) is 0 Å². The van der Waals surface area contributed by atoms with Crippen LogP contribution in [0.5, 0.6) is 0 Å². The van der Waals surface area contributed by atoms with Crippen LogP contribution in [0.4, 0.5) is 0 Å². The van der Waals surface area contributed by atoms with E-state index in [-0.39, 0.29) is 89.5 Å². The second kappa shape index (κ2) is 286. The van der Waals surface area contributed by atoms with Crippen molar-refractivity contribution in [2.75, 3.05) is 0 Å². The van der Waals surface area contributed by atoms with Crippen molar-refractivity contribution in [3.63, 3.8) is 0 Å². The molecule has 0 aliphatic rings. The maximum Gasteiger partial charge on any atom is 0 e. The summed E-state index contributed by atoms with van der Waals surface area (Å²) in [5.74, 6) is 0. The van der Waals surface area contributed by atoms with Crippen molar-refractivity contribution in [3.8, 4) is 0 Å². The van der Waals surface area contributed by atoms with Crippen LogP contribution in [0, 0.1) is 0 Å². The third-order valence-electron chi connectivity index (χ3n) is 0. The van der Waals surface area contributed by atoms with Gasteiger partial charge in [-0.3, -0.25) is 0 Å². The van der Waals surface area contributed by atoms with E-state index in [2.05, 4.69) is 0 Å². The summed E-state index contributed by atoms with van der Waals surface area (Å²) in [6, 6.07) is 0. The minimum Gasteiger partial charge on any atom is -1.00 e. The Labute approximate surface area is 89.1 Å². The monoisotopic (exact) mass is 675 g/mol. The van der Waals surface area contributed by atoms with E-state index in [1.807, 2.05) is 0 Å². The van der Waals surface area contributed by atoms with Gasteiger partial charge in [-0.05, 0) is 0 Å². The number of hydrogen-bond acceptors (Lipinski definition) is 0. The van der Waals surface area contributed by atoms with E-state index in [0.29, 0.717) is 0 Å². The molecule has 0 atom stereocenters. The van der Waals surface area contributed by atoms with E-state index in [9.17, 15) is 0 Å². The van der Waals surface area contributed by atoms with Gasteiger partial charge in [0, 0.05) is 61.3 Å². The van der Waals surface area contributed by atoms with Crippen LogP contribution in [0.25, 0.3) is 0 Å². The summed E-state index contributed by atoms with van der Waals surface area (Å²) in [4.78, 5) is 0. The fourth-order valence-electron chi connectivity index (χ4n) is 0. The van der Waals surface area contributed by atoms with E-state index in [0.717, 1.165) is 0 Å². The summed E-state index contributed by atoms with van der Waals surface area (Å²) in [7, 11) is 0. The zero-order valence-electron chi connectivity index (χ0n) is 3.40. The SMILES string of the molecule is [F-].[F-].[F-].[F-].[F-].[F-].[Re].[Re].[Re]. The fraction of sp³-hybridized carbons (Fsp3) is 0. The minimum atomic E-state index is 0. The van der Waals surface area contributed by atoms with Crippen molar-refractivity contribution >= 4 is 0 Å². The normalized spacial score (nSPS) is 0. The van der Waals surface area contributed by atoms with Gasteiger partial charge in [0.2, 0.25) is 0 Å². The molecule has 0 heterocycles. The predicted octanol–water partition coefficient (Wildman–Crippen LogP) is -18.0. The molecule has 0 bridgehead atoms. The van der Waals surface area contributed by atoms with Crippen LogP contribution in [-0.4, -0.2) is 0 Å². The molecule has 0 aliphatic carbocycles. The Morgan fingerprint density at radius 2 is 0.222 bits per heavy atom. The first kappa shape index (κ1) is 394. The zero-order valence-corrected chi connectivity index (χ0v) is 11.5. The third kappa shape index (κ3) is 223. The molecule has 0 unspecified atom stereocenters. The molecule has 0 aliphatic heterocycles. The van der Waals surface area contributed by atoms with Gasteiger partial charge in [-0.25, -0.2) is 0 Å². The topological polar surface area (TPSA) is 0 Å². The number of hydrogen-bond donors (Lipinski definition) is 0. The molecule has 0 nitrogen and oxygen atoms in total. The predicted molar refractivity (Wildman–Crippen MR) is 0 cm³/mol. The molecule has 69 valence electrons. The van der Waals surface area contributed by atoms with Gasteiger partial charge in [-0.2, -0.15) is 0 Å². The summed E-state index contributed by atoms with van der Waals surface area (Å²) in [6.07, 6.45) is 0. The first-order chi connectivity index (χ1) is 0. The van der Waals surface area contributed by atoms with E-state index >= 15 is 0 Å². The molecule has 0 saturated carbocycles. The molecule has 0 saturated heterocycles. The van der Waals surface area contributed by atoms with Crippen LogP contribution in [0.1, 0.15) is 0 Å². The third-order valence-corrected chi connectivity index (χ3v) is 0. The quantitative estimate of drug-likeness (QED) is 0.225. The Morgan fingerprint density at radius 1 is 0.222 bits per heavy atom. The summed E-state index contributed by atoms with van der Waals surface area (Å²) < 4.78 is 0. The summed E-state index contributed by atoms with van der Waals surface area (Å²) in [5, 5.41) is 0. The zero-order chi connectivity index (χ0) is 0. The van der Waals surface area contributed by atoms with Crippen LogP contribution < -0.4 is 28.2 Å². The van der Waals surface area contributed by atoms with Gasteiger partial charge in [0.1, 0.15) is 0 Å². The van der Waals surface area contributed by atoms with Gasteiger partial charge < -0.3 is 28.2 Å². The van der Waals surface area contributed by atoms with Crippen LogP contribution in [0.15, 0.2) is 0 Å². The molecule has 0 amide bonds. The Bertz CT molecular complexity index is 8.26. The van der Waals surface area contributed by atoms with Gasteiger partial charge in [0.15, 0.2) is 0 Å². The molecule has 0 fully saturated rings. The first-order valence-electron chi connectivity index (χ1n) is 0. The molecule has 0 aromatic carbocycles. The Kier molecular flexibility index (Phi) is 12500. The van der Waals surface area contributed by atoms with Crippen molar-refractivity contribution in [1.29, 1.82) is 0 Å². The van der Waals surface area contributed by atoms with Gasteiger partial charge in [-0.15, -0.1) is 0 Å². The summed E-state index contributed by atoms with van der Waals surface area (Å²) in [5.41, 5.74) is 0. The molecule has 0 N–H and O–H groups in total. The van der Waals surface area contributed by atoms with Crippen molar-refractivity contribution < 1.29 is 89.5 Å². The largest absolute Gasteiger partial charge is 1.00 e. The molecule has 0 aromatic rings. The Hall–Kier alpha value is 1.57. The summed E-state index contributed by atoms with van der Waals surface area (Å²) >= 11 is 0. The number of halogens is 6. The smallest absolute Gasteiger partial charge is 0 e. The van der Waals surface area contributed by atoms with Gasteiger partial charge in [0.05, 0.1) is 0 Å². The first-order valence-corrected chi connectivity index (χ1v) is 0. The average Bonchev–Trinajstić information content (AvgIpc) is 0. The van der Waals surface area contributed by atoms with Crippen molar-refractivity contribution in [2.45, 2.75) is 0 Å². The maximum absolute atomic E-state index is 0. The summed E-state index contributed by atoms with van der Waals surface area (Å²) in [6.45, 7) is 0. The second-order valence-electron chi connectivity index (χ2n) is 0. The molecular weight excluding hydrogens is 673 g/mol. The second-order valence-corrected chi connectivity index (χ2v) is 0. The van der Waals surface area contributed by atoms with E-state index < -0.39 is 0 Å². The molecule has 0 rings (SSSR count). The van der Waals surface area contributed by atoms with Crippen LogP contribution in [0.2, 0.25) is 0 Å². The number of rotatable bonds is 0. The molecule has 3 radical (unpaired) electrons. The van der Waals surface area contributed by atoms with Gasteiger partial charge in [0.25, 0.3) is 0 Å². The molecule has 9 heavy (non-hydrogen) atoms. The van der Waals surface area contributed by atoms with E-state index in [1.54, 1.807) is 0 Å². The van der Waals surface area contributed by atoms with E-state index in [4.69, 9.17) is 0 Å². The molecule has 0 spiro atoms.